The molecule has 1 aromatic carbocycles. The molecule has 1 aliphatic heterocycles. The lowest BCUT2D eigenvalue weighted by Gasteiger charge is -2.19. The summed E-state index contributed by atoms with van der Waals surface area (Å²) >= 11 is 0. The van der Waals surface area contributed by atoms with Crippen LogP contribution in [0.2, 0.25) is 0 Å². The number of pyridine rings is 1. The molecular weight excluding hydrogens is 286 g/mol. The van der Waals surface area contributed by atoms with Crippen LogP contribution in [0.3, 0.4) is 0 Å². The largest absolute Gasteiger partial charge is 0.486 e. The molecule has 2 aromatic heterocycles. The third-order valence-electron chi connectivity index (χ3n) is 3.48. The maximum atomic E-state index is 11.6. The zero-order chi connectivity index (χ0) is 15.1. The number of hydrogen-bond acceptors (Lipinski definition) is 5. The summed E-state index contributed by atoms with van der Waals surface area (Å²) in [7, 11) is 0. The number of furan rings is 1. The highest BCUT2D eigenvalue weighted by molar-refractivity contribution is 6.04. The van der Waals surface area contributed by atoms with E-state index in [1.54, 1.807) is 24.3 Å². The topological polar surface area (TPSA) is 81.8 Å². The normalized spacial score (nSPS) is 13.3. The van der Waals surface area contributed by atoms with Crippen LogP contribution in [0.25, 0.3) is 22.4 Å². The number of nitrogens with zero attached hydrogens (tertiary/aromatic N) is 1. The Bertz CT molecular complexity index is 870. The van der Waals surface area contributed by atoms with Gasteiger partial charge >= 0.3 is 5.97 Å². The first-order valence-corrected chi connectivity index (χ1v) is 6.74. The van der Waals surface area contributed by atoms with E-state index in [4.69, 9.17) is 13.9 Å². The van der Waals surface area contributed by atoms with Gasteiger partial charge in [0.15, 0.2) is 17.3 Å². The molecule has 0 saturated carbocycles. The van der Waals surface area contributed by atoms with Gasteiger partial charge in [0.1, 0.15) is 18.9 Å². The second-order valence-electron chi connectivity index (χ2n) is 4.85. The molecule has 1 N–H and O–H groups in total. The smallest absolute Gasteiger partial charge is 0.336 e. The molecule has 0 aliphatic carbocycles. The summed E-state index contributed by atoms with van der Waals surface area (Å²) in [4.78, 5) is 16.1. The fourth-order valence-electron chi connectivity index (χ4n) is 2.49. The summed E-state index contributed by atoms with van der Waals surface area (Å²) in [5.74, 6) is 0.587. The van der Waals surface area contributed by atoms with Crippen LogP contribution in [0.15, 0.2) is 41.0 Å². The zero-order valence-electron chi connectivity index (χ0n) is 11.4. The predicted octanol–water partition coefficient (Wildman–Crippen LogP) is 2.96. The number of fused-ring (bicyclic) bond motifs is 2. The SMILES string of the molecule is O=C(O)c1cc(-c2ccco2)nc2cc3c(cc12)OCCO3. The number of carboxylic acid groups (broad SMARTS) is 1. The molecule has 6 nitrogen and oxygen atoms in total. The van der Waals surface area contributed by atoms with Crippen molar-refractivity contribution in [1.82, 2.24) is 4.98 Å². The number of benzene rings is 1. The number of carboxylic acids is 1. The Hall–Kier alpha value is -3.02. The van der Waals surface area contributed by atoms with Crippen LogP contribution >= 0.6 is 0 Å². The quantitative estimate of drug-likeness (QED) is 0.783. The first-order chi connectivity index (χ1) is 10.7. The third-order valence-corrected chi connectivity index (χ3v) is 3.48. The number of carbonyl (C=O) groups is 1. The minimum Gasteiger partial charge on any atom is -0.486 e. The minimum atomic E-state index is -1.03. The molecule has 0 unspecified atom stereocenters. The Balaban J connectivity index is 2.01. The summed E-state index contributed by atoms with van der Waals surface area (Å²) in [5, 5.41) is 9.98. The second kappa shape index (κ2) is 4.77. The Morgan fingerprint density at radius 1 is 1.14 bits per heavy atom. The fraction of sp³-hybridized carbons (Fsp3) is 0.125. The lowest BCUT2D eigenvalue weighted by Crippen LogP contribution is -2.15. The van der Waals surface area contributed by atoms with Crippen molar-refractivity contribution in [2.75, 3.05) is 13.2 Å². The molecule has 4 rings (SSSR count). The Morgan fingerprint density at radius 2 is 1.91 bits per heavy atom. The van der Waals surface area contributed by atoms with Crippen LogP contribution in [0.5, 0.6) is 11.5 Å². The molecule has 0 atom stereocenters. The van der Waals surface area contributed by atoms with Gasteiger partial charge in [-0.3, -0.25) is 0 Å². The van der Waals surface area contributed by atoms with Crippen LogP contribution in [0.4, 0.5) is 0 Å². The summed E-state index contributed by atoms with van der Waals surface area (Å²) in [6.07, 6.45) is 1.52. The van der Waals surface area contributed by atoms with E-state index in [0.717, 1.165) is 0 Å². The van der Waals surface area contributed by atoms with E-state index in [1.807, 2.05) is 0 Å². The van der Waals surface area contributed by atoms with Crippen LogP contribution in [0.1, 0.15) is 10.4 Å². The number of aromatic carboxylic acids is 1. The lowest BCUT2D eigenvalue weighted by atomic mass is 10.1. The van der Waals surface area contributed by atoms with Gasteiger partial charge in [-0.25, -0.2) is 9.78 Å². The molecule has 0 radical (unpaired) electrons. The van der Waals surface area contributed by atoms with Crippen LogP contribution in [-0.2, 0) is 0 Å². The first kappa shape index (κ1) is 12.7. The van der Waals surface area contributed by atoms with Gasteiger partial charge in [-0.05, 0) is 24.3 Å². The third kappa shape index (κ3) is 1.96. The van der Waals surface area contributed by atoms with Gasteiger partial charge in [0.25, 0.3) is 0 Å². The van der Waals surface area contributed by atoms with Gasteiger partial charge < -0.3 is 19.0 Å². The van der Waals surface area contributed by atoms with Crippen molar-refractivity contribution in [2.45, 2.75) is 0 Å². The van der Waals surface area contributed by atoms with Crippen LogP contribution in [0, 0.1) is 0 Å². The molecule has 6 heteroatoms. The number of hydrogen-bond donors (Lipinski definition) is 1. The van der Waals surface area contributed by atoms with Gasteiger partial charge in [0, 0.05) is 11.5 Å². The molecule has 0 amide bonds. The van der Waals surface area contributed by atoms with Gasteiger partial charge in [-0.1, -0.05) is 0 Å². The van der Waals surface area contributed by atoms with Crippen molar-refractivity contribution >= 4 is 16.9 Å². The van der Waals surface area contributed by atoms with Crippen molar-refractivity contribution in [3.8, 4) is 23.0 Å². The van der Waals surface area contributed by atoms with Crippen molar-refractivity contribution in [3.05, 3.63) is 42.2 Å². The monoisotopic (exact) mass is 297 g/mol. The van der Waals surface area contributed by atoms with Gasteiger partial charge in [-0.15, -0.1) is 0 Å². The van der Waals surface area contributed by atoms with Crippen molar-refractivity contribution < 1.29 is 23.8 Å². The standard InChI is InChI=1S/C16H11NO5/c18-16(19)10-6-12(13-2-1-3-20-13)17-11-8-15-14(7-9(10)11)21-4-5-22-15/h1-3,6-8H,4-5H2,(H,18,19). The van der Waals surface area contributed by atoms with E-state index in [-0.39, 0.29) is 5.56 Å². The van der Waals surface area contributed by atoms with Crippen molar-refractivity contribution in [3.63, 3.8) is 0 Å². The molecule has 110 valence electrons. The van der Waals surface area contributed by atoms with E-state index in [1.165, 1.54) is 12.3 Å². The molecule has 0 bridgehead atoms. The highest BCUT2D eigenvalue weighted by atomic mass is 16.6. The zero-order valence-corrected chi connectivity index (χ0v) is 11.4. The summed E-state index contributed by atoms with van der Waals surface area (Å²) in [6, 6.07) is 8.32. The minimum absolute atomic E-state index is 0.147. The number of aromatic nitrogens is 1. The van der Waals surface area contributed by atoms with E-state index < -0.39 is 5.97 Å². The molecule has 0 saturated heterocycles. The molecule has 0 fully saturated rings. The highest BCUT2D eigenvalue weighted by Gasteiger charge is 2.19. The molecular formula is C16H11NO5. The highest BCUT2D eigenvalue weighted by Crippen LogP contribution is 2.36. The lowest BCUT2D eigenvalue weighted by molar-refractivity contribution is 0.0699. The Labute approximate surface area is 124 Å². The van der Waals surface area contributed by atoms with Crippen LogP contribution in [-0.4, -0.2) is 29.3 Å². The van der Waals surface area contributed by atoms with Crippen LogP contribution < -0.4 is 9.47 Å². The second-order valence-corrected chi connectivity index (χ2v) is 4.85. The van der Waals surface area contributed by atoms with Gasteiger partial charge in [-0.2, -0.15) is 0 Å². The average molecular weight is 297 g/mol. The maximum Gasteiger partial charge on any atom is 0.336 e. The van der Waals surface area contributed by atoms with Gasteiger partial charge in [0.2, 0.25) is 0 Å². The number of ether oxygens (including phenoxy) is 2. The summed E-state index contributed by atoms with van der Waals surface area (Å²) in [5.41, 5.74) is 1.13. The fourth-order valence-corrected chi connectivity index (χ4v) is 2.49. The summed E-state index contributed by atoms with van der Waals surface area (Å²) in [6.45, 7) is 0.904. The Morgan fingerprint density at radius 3 is 2.59 bits per heavy atom. The average Bonchev–Trinajstić information content (AvgIpc) is 3.06. The van der Waals surface area contributed by atoms with Gasteiger partial charge in [0.05, 0.1) is 17.3 Å². The van der Waals surface area contributed by atoms with E-state index >= 15 is 0 Å². The molecule has 22 heavy (non-hydrogen) atoms. The van der Waals surface area contributed by atoms with Crippen molar-refractivity contribution in [1.29, 1.82) is 0 Å². The number of rotatable bonds is 2. The first-order valence-electron chi connectivity index (χ1n) is 6.74. The van der Waals surface area contributed by atoms with E-state index in [0.29, 0.717) is 47.1 Å². The van der Waals surface area contributed by atoms with E-state index in [2.05, 4.69) is 4.98 Å². The molecule has 1 aliphatic rings. The maximum absolute atomic E-state index is 11.6. The molecule has 0 spiro atoms. The van der Waals surface area contributed by atoms with E-state index in [9.17, 15) is 9.90 Å². The Kier molecular flexibility index (Phi) is 2.75. The molecule has 3 aromatic rings. The summed E-state index contributed by atoms with van der Waals surface area (Å²) < 4.78 is 16.3. The van der Waals surface area contributed by atoms with Crippen molar-refractivity contribution in [2.24, 2.45) is 0 Å². The predicted molar refractivity (Wildman–Crippen MR) is 77.4 cm³/mol. The molecule has 3 heterocycles.